The molecule has 0 saturated carbocycles. The van der Waals surface area contributed by atoms with E-state index in [9.17, 15) is 9.59 Å². The Bertz CT molecular complexity index is 1250. The number of nitrogens with one attached hydrogen (secondary N) is 1. The largest absolute Gasteiger partial charge is 0.491 e. The Morgan fingerprint density at radius 1 is 1.16 bits per heavy atom. The van der Waals surface area contributed by atoms with Gasteiger partial charge in [-0.3, -0.25) is 4.79 Å². The number of methoxy groups -OCH3 is 1. The van der Waals surface area contributed by atoms with Crippen molar-refractivity contribution < 1.29 is 19.1 Å². The van der Waals surface area contributed by atoms with Crippen LogP contribution in [-0.2, 0) is 16.0 Å². The third-order valence-corrected chi connectivity index (χ3v) is 8.07. The summed E-state index contributed by atoms with van der Waals surface area (Å²) in [5, 5.41) is 5.67. The predicted molar refractivity (Wildman–Crippen MR) is 152 cm³/mol. The van der Waals surface area contributed by atoms with Gasteiger partial charge in [-0.2, -0.15) is 0 Å². The molecule has 202 valence electrons. The topological polar surface area (TPSA) is 71.1 Å². The first-order chi connectivity index (χ1) is 18.4. The minimum atomic E-state index is -0.309. The molecular weight excluding hydrogens is 522 g/mol. The maximum atomic E-state index is 13.7. The molecule has 4 rings (SSSR count). The van der Waals surface area contributed by atoms with Gasteiger partial charge < -0.3 is 24.6 Å². The minimum Gasteiger partial charge on any atom is -0.491 e. The van der Waals surface area contributed by atoms with Crippen LogP contribution in [0.3, 0.4) is 0 Å². The fourth-order valence-electron chi connectivity index (χ4n) is 4.50. The summed E-state index contributed by atoms with van der Waals surface area (Å²) in [6.07, 6.45) is 1.41. The van der Waals surface area contributed by atoms with E-state index in [1.54, 1.807) is 23.3 Å². The molecule has 2 aromatic carbocycles. The normalized spacial score (nSPS) is 14.6. The van der Waals surface area contributed by atoms with Crippen molar-refractivity contribution in [3.8, 4) is 5.75 Å². The molecule has 1 aromatic heterocycles. The van der Waals surface area contributed by atoms with Gasteiger partial charge in [0.25, 0.3) is 0 Å². The van der Waals surface area contributed by atoms with Crippen molar-refractivity contribution in [2.75, 3.05) is 45.3 Å². The molecule has 0 radical (unpaired) electrons. The van der Waals surface area contributed by atoms with Gasteiger partial charge in [0.2, 0.25) is 5.91 Å². The highest BCUT2D eigenvalue weighted by Gasteiger charge is 2.33. The zero-order chi connectivity index (χ0) is 27.1. The van der Waals surface area contributed by atoms with Gasteiger partial charge in [-0.05, 0) is 79.6 Å². The summed E-state index contributed by atoms with van der Waals surface area (Å²) >= 11 is 7.88. The zero-order valence-electron chi connectivity index (χ0n) is 22.0. The number of thiophene rings is 1. The highest BCUT2D eigenvalue weighted by Crippen LogP contribution is 2.34. The van der Waals surface area contributed by atoms with Gasteiger partial charge in [-0.15, -0.1) is 11.3 Å². The lowest BCUT2D eigenvalue weighted by atomic mass is 10.0. The SMILES string of the molecule is COCCCN(CC(=O)N1CCc2sccc2[C@@H]1COc1ccc(Cl)c(C)c1)C(=O)Nc1ccc(C)cc1. The van der Waals surface area contributed by atoms with Crippen LogP contribution in [0.1, 0.15) is 34.0 Å². The van der Waals surface area contributed by atoms with E-state index in [2.05, 4.69) is 16.8 Å². The molecule has 9 heteroatoms. The third kappa shape index (κ3) is 7.07. The molecule has 38 heavy (non-hydrogen) atoms. The predicted octanol–water partition coefficient (Wildman–Crippen LogP) is 6.09. The molecule has 0 saturated heterocycles. The number of halogens is 1. The number of fused-ring (bicyclic) bond motifs is 1. The lowest BCUT2D eigenvalue weighted by Gasteiger charge is -2.37. The molecule has 0 bridgehead atoms. The van der Waals surface area contributed by atoms with E-state index in [0.29, 0.717) is 49.2 Å². The van der Waals surface area contributed by atoms with Crippen LogP contribution in [0.25, 0.3) is 0 Å². The first-order valence-electron chi connectivity index (χ1n) is 12.7. The van der Waals surface area contributed by atoms with Gasteiger partial charge in [0.1, 0.15) is 18.9 Å². The molecule has 1 atom stereocenters. The number of amides is 3. The molecule has 2 heterocycles. The molecule has 1 aliphatic heterocycles. The second kappa shape index (κ2) is 13.1. The number of aryl methyl sites for hydroxylation is 2. The minimum absolute atomic E-state index is 0.0303. The van der Waals surface area contributed by atoms with Crippen LogP contribution in [0, 0.1) is 13.8 Å². The molecule has 0 aliphatic carbocycles. The van der Waals surface area contributed by atoms with E-state index in [0.717, 1.165) is 23.1 Å². The van der Waals surface area contributed by atoms with Gasteiger partial charge in [0, 0.05) is 42.4 Å². The van der Waals surface area contributed by atoms with Crippen molar-refractivity contribution in [2.24, 2.45) is 0 Å². The van der Waals surface area contributed by atoms with Gasteiger partial charge in [-0.25, -0.2) is 4.79 Å². The smallest absolute Gasteiger partial charge is 0.322 e. The number of ether oxygens (including phenoxy) is 2. The van der Waals surface area contributed by atoms with E-state index in [1.165, 1.54) is 4.88 Å². The quantitative estimate of drug-likeness (QED) is 0.307. The molecule has 1 N–H and O–H groups in total. The van der Waals surface area contributed by atoms with Gasteiger partial charge >= 0.3 is 6.03 Å². The first-order valence-corrected chi connectivity index (χ1v) is 14.0. The maximum absolute atomic E-state index is 13.7. The third-order valence-electron chi connectivity index (χ3n) is 6.65. The van der Waals surface area contributed by atoms with Crippen LogP contribution in [0.4, 0.5) is 10.5 Å². The second-order valence-electron chi connectivity index (χ2n) is 9.44. The number of carbonyl (C=O) groups excluding carboxylic acids is 2. The number of hydrogen-bond acceptors (Lipinski definition) is 5. The Morgan fingerprint density at radius 3 is 2.68 bits per heavy atom. The Hall–Kier alpha value is -3.07. The average molecular weight is 556 g/mol. The first kappa shape index (κ1) is 28.0. The highest BCUT2D eigenvalue weighted by molar-refractivity contribution is 7.10. The van der Waals surface area contributed by atoms with Crippen LogP contribution in [0.5, 0.6) is 5.75 Å². The number of benzene rings is 2. The van der Waals surface area contributed by atoms with E-state index in [4.69, 9.17) is 21.1 Å². The summed E-state index contributed by atoms with van der Waals surface area (Å²) in [6, 6.07) is 14.7. The molecular formula is C29H34ClN3O4S. The van der Waals surface area contributed by atoms with Crippen molar-refractivity contribution in [1.29, 1.82) is 0 Å². The lowest BCUT2D eigenvalue weighted by molar-refractivity contribution is -0.135. The Balaban J connectivity index is 1.49. The monoisotopic (exact) mass is 555 g/mol. The lowest BCUT2D eigenvalue weighted by Crippen LogP contribution is -2.49. The molecule has 1 aliphatic rings. The van der Waals surface area contributed by atoms with Crippen molar-refractivity contribution in [1.82, 2.24) is 9.80 Å². The van der Waals surface area contributed by atoms with Crippen LogP contribution in [0.2, 0.25) is 5.02 Å². The van der Waals surface area contributed by atoms with Gasteiger partial charge in [0.05, 0.1) is 6.04 Å². The van der Waals surface area contributed by atoms with Crippen molar-refractivity contribution in [3.63, 3.8) is 0 Å². The summed E-state index contributed by atoms with van der Waals surface area (Å²) in [4.78, 5) is 31.6. The molecule has 3 amide bonds. The average Bonchev–Trinajstić information content (AvgIpc) is 3.39. The van der Waals surface area contributed by atoms with Crippen LogP contribution >= 0.6 is 22.9 Å². The van der Waals surface area contributed by atoms with Crippen LogP contribution < -0.4 is 10.1 Å². The van der Waals surface area contributed by atoms with E-state index >= 15 is 0 Å². The van der Waals surface area contributed by atoms with Gasteiger partial charge in [-0.1, -0.05) is 29.3 Å². The molecule has 7 nitrogen and oxygen atoms in total. The highest BCUT2D eigenvalue weighted by atomic mass is 35.5. The summed E-state index contributed by atoms with van der Waals surface area (Å²) in [5.74, 6) is 0.597. The fraction of sp³-hybridized carbons (Fsp3) is 0.379. The summed E-state index contributed by atoms with van der Waals surface area (Å²) in [7, 11) is 1.63. The number of rotatable bonds is 10. The van der Waals surface area contributed by atoms with Gasteiger partial charge in [0.15, 0.2) is 0 Å². The fourth-order valence-corrected chi connectivity index (χ4v) is 5.55. The summed E-state index contributed by atoms with van der Waals surface area (Å²) in [5.41, 5.74) is 3.84. The number of nitrogens with zero attached hydrogens (tertiary/aromatic N) is 2. The van der Waals surface area contributed by atoms with E-state index in [-0.39, 0.29) is 24.5 Å². The molecule has 3 aromatic rings. The maximum Gasteiger partial charge on any atom is 0.322 e. The number of carbonyl (C=O) groups is 2. The molecule has 0 spiro atoms. The second-order valence-corrected chi connectivity index (χ2v) is 10.8. The molecule has 0 fully saturated rings. The number of urea groups is 1. The Labute approximate surface area is 233 Å². The summed E-state index contributed by atoms with van der Waals surface area (Å²) in [6.45, 7) is 5.69. The van der Waals surface area contributed by atoms with Crippen LogP contribution in [-0.4, -0.2) is 61.7 Å². The summed E-state index contributed by atoms with van der Waals surface area (Å²) < 4.78 is 11.3. The molecule has 0 unspecified atom stereocenters. The zero-order valence-corrected chi connectivity index (χ0v) is 23.6. The van der Waals surface area contributed by atoms with E-state index in [1.807, 2.05) is 61.2 Å². The van der Waals surface area contributed by atoms with E-state index < -0.39 is 0 Å². The standard InChI is InChI=1S/C29H34ClN3O4S/c1-20-5-7-22(8-6-20)31-29(35)32(13-4-15-36-3)18-28(34)33-14-11-27-24(12-16-38-27)26(33)19-37-23-9-10-25(30)21(2)17-23/h5-10,12,16-17,26H,4,11,13-15,18-19H2,1-3H3,(H,31,35)/t26-/m0/s1. The Kier molecular flexibility index (Phi) is 9.66. The van der Waals surface area contributed by atoms with Crippen molar-refractivity contribution >= 4 is 40.6 Å². The van der Waals surface area contributed by atoms with Crippen molar-refractivity contribution in [3.05, 3.63) is 80.5 Å². The van der Waals surface area contributed by atoms with Crippen molar-refractivity contribution in [2.45, 2.75) is 32.7 Å². The number of hydrogen-bond donors (Lipinski definition) is 1. The number of anilines is 1. The Morgan fingerprint density at radius 2 is 1.95 bits per heavy atom. The van der Waals surface area contributed by atoms with Crippen LogP contribution in [0.15, 0.2) is 53.9 Å².